The first-order valence-electron chi connectivity index (χ1n) is 31.8. The van der Waals surface area contributed by atoms with E-state index in [-0.39, 0.29) is 104 Å². The number of nitriles is 1. The lowest BCUT2D eigenvalue weighted by Gasteiger charge is -2.42. The number of hydrogen-bond acceptors (Lipinski definition) is 19. The summed E-state index contributed by atoms with van der Waals surface area (Å²) in [6.45, 7) is 19.9. The molecule has 3 aromatic heterocycles. The number of aryl methyl sites for hydroxylation is 1. The standard InChI is InChI=1S/C67H82ClF2N11O11S2/c1-36-55(93-35-72-36)38-16-14-37(15-17-38)48(33-82)73-59(85)49-27-42(83)32-80(49)61(86)57(65(2,3)4)74-50(84)22-26-89-25-12-24-78-23-11-13-41(78)34-90-62-75-54-44(58(76-62)79-30-39-18-19-40(31-79)81(39)64(88)92-67(8,9)10)28-46(68)52(53(54)70)43-20-21-47(69)56-51(43)45(29-71)60(94-56)77-63(87)91-66(5,6)7/h14-17,20-21,28,35,39-42,48-49,57,82-83H,11-13,18-19,22-27,30-34H2,1-10H3,(H,73,85)(H,74,84)(H,77,87)/t39?,40?,41-,42+,48-,49-,57+/m0/s1. The minimum atomic E-state index is -1.05. The van der Waals surface area contributed by atoms with Crippen LogP contribution >= 0.6 is 34.3 Å². The molecule has 4 fully saturated rings. The van der Waals surface area contributed by atoms with E-state index in [4.69, 9.17) is 40.5 Å². The Bertz CT molecular complexity index is 3850. The third-order valence-electron chi connectivity index (χ3n) is 17.2. The van der Waals surface area contributed by atoms with Gasteiger partial charge in [0.25, 0.3) is 0 Å². The van der Waals surface area contributed by atoms with E-state index in [9.17, 15) is 39.4 Å². The minimum absolute atomic E-state index is 0.00307. The van der Waals surface area contributed by atoms with Crippen LogP contribution in [0, 0.1) is 35.3 Å². The molecule has 2 unspecified atom stereocenters. The Morgan fingerprint density at radius 1 is 0.915 bits per heavy atom. The predicted octanol–water partition coefficient (Wildman–Crippen LogP) is 10.7. The second kappa shape index (κ2) is 28.5. The van der Waals surface area contributed by atoms with Gasteiger partial charge in [-0.05, 0) is 121 Å². The van der Waals surface area contributed by atoms with Crippen molar-refractivity contribution in [3.05, 3.63) is 81.5 Å². The number of β-amino-alcohol motifs (C(OH)–C–C–N with tert-alkyl or cyclic N) is 1. The molecule has 22 nitrogen and oxygen atoms in total. The van der Waals surface area contributed by atoms with Crippen LogP contribution in [0.15, 0.2) is 48.0 Å². The van der Waals surface area contributed by atoms with E-state index in [2.05, 4.69) is 31.9 Å². The smallest absolute Gasteiger partial charge is 0.412 e. The van der Waals surface area contributed by atoms with E-state index in [0.29, 0.717) is 56.9 Å². The summed E-state index contributed by atoms with van der Waals surface area (Å²) in [6, 6.07) is 9.97. The molecule has 4 saturated heterocycles. The monoisotopic (exact) mass is 1350 g/mol. The maximum atomic E-state index is 17.9. The first kappa shape index (κ1) is 69.4. The van der Waals surface area contributed by atoms with Crippen LogP contribution in [0.5, 0.6) is 6.01 Å². The molecule has 4 aliphatic rings. The number of nitrogens with one attached hydrogen (secondary N) is 3. The Morgan fingerprint density at radius 3 is 2.28 bits per heavy atom. The number of amides is 5. The molecule has 0 saturated carbocycles. The summed E-state index contributed by atoms with van der Waals surface area (Å²) in [4.78, 5) is 90.6. The van der Waals surface area contributed by atoms with Crippen LogP contribution in [-0.2, 0) is 28.6 Å². The van der Waals surface area contributed by atoms with Crippen LogP contribution in [-0.4, -0.2) is 176 Å². The van der Waals surface area contributed by atoms with Gasteiger partial charge in [-0.1, -0.05) is 62.7 Å². The van der Waals surface area contributed by atoms with Crippen molar-refractivity contribution in [2.45, 2.75) is 168 Å². The van der Waals surface area contributed by atoms with Gasteiger partial charge in [0.2, 0.25) is 17.7 Å². The molecule has 0 spiro atoms. The number of halogens is 3. The lowest BCUT2D eigenvalue weighted by atomic mass is 9.85. The molecule has 6 aromatic rings. The fourth-order valence-corrected chi connectivity index (χ4v) is 15.0. The summed E-state index contributed by atoms with van der Waals surface area (Å²) in [5.41, 5.74) is 1.56. The molecule has 5 amide bonds. The Hall–Kier alpha value is -7.38. The fraction of sp³-hybridized carbons (Fsp3) is 0.537. The number of fused-ring (bicyclic) bond motifs is 4. The van der Waals surface area contributed by atoms with E-state index in [0.717, 1.165) is 52.9 Å². The Morgan fingerprint density at radius 2 is 1.63 bits per heavy atom. The maximum Gasteiger partial charge on any atom is 0.412 e. The third-order valence-corrected chi connectivity index (χ3v) is 19.6. The zero-order chi connectivity index (χ0) is 67.7. The highest BCUT2D eigenvalue weighted by atomic mass is 35.5. The molecular weight excluding hydrogens is 1270 g/mol. The maximum absolute atomic E-state index is 17.9. The van der Waals surface area contributed by atoms with Gasteiger partial charge in [-0.3, -0.25) is 29.5 Å². The Kier molecular flexibility index (Phi) is 21.1. The van der Waals surface area contributed by atoms with Crippen molar-refractivity contribution in [3.8, 4) is 33.6 Å². The van der Waals surface area contributed by atoms with E-state index < -0.39 is 89.0 Å². The zero-order valence-electron chi connectivity index (χ0n) is 54.6. The topological polar surface area (TPSA) is 274 Å². The number of carbonyl (C=O) groups excluding carboxylic acids is 5. The number of nitrogens with zero attached hydrogens (tertiary/aromatic N) is 8. The average Bonchev–Trinajstić information content (AvgIpc) is 1.31. The highest BCUT2D eigenvalue weighted by Crippen LogP contribution is 2.47. The van der Waals surface area contributed by atoms with Crippen LogP contribution < -0.4 is 25.6 Å². The number of carbonyl (C=O) groups is 5. The number of piperazine rings is 1. The number of likely N-dealkylation sites (tertiary alicyclic amines) is 2. The molecule has 5 N–H and O–H groups in total. The molecule has 2 bridgehead atoms. The lowest BCUT2D eigenvalue weighted by molar-refractivity contribution is -0.144. The molecular formula is C67H82ClF2N11O11S2. The van der Waals surface area contributed by atoms with Gasteiger partial charge in [-0.25, -0.2) is 23.4 Å². The molecule has 504 valence electrons. The summed E-state index contributed by atoms with van der Waals surface area (Å²) < 4.78 is 57.3. The number of aromatic nitrogens is 3. The summed E-state index contributed by atoms with van der Waals surface area (Å²) in [7, 11) is 0. The number of ether oxygens (including phenoxy) is 4. The van der Waals surface area contributed by atoms with Gasteiger partial charge in [0.05, 0.1) is 68.8 Å². The second-order valence-electron chi connectivity index (χ2n) is 27.5. The van der Waals surface area contributed by atoms with Crippen molar-refractivity contribution in [3.63, 3.8) is 0 Å². The largest absolute Gasteiger partial charge is 0.462 e. The van der Waals surface area contributed by atoms with Crippen LogP contribution in [0.4, 0.5) is 29.2 Å². The van der Waals surface area contributed by atoms with Gasteiger partial charge in [-0.15, -0.1) is 22.7 Å². The molecule has 7 heterocycles. The highest BCUT2D eigenvalue weighted by Gasteiger charge is 2.47. The van der Waals surface area contributed by atoms with Crippen LogP contribution in [0.25, 0.3) is 42.6 Å². The summed E-state index contributed by atoms with van der Waals surface area (Å²) in [5, 5.41) is 40.2. The third kappa shape index (κ3) is 15.6. The first-order chi connectivity index (χ1) is 44.5. The Balaban J connectivity index is 0.789. The molecule has 94 heavy (non-hydrogen) atoms. The molecule has 10 rings (SSSR count). The van der Waals surface area contributed by atoms with Crippen LogP contribution in [0.3, 0.4) is 0 Å². The van der Waals surface area contributed by atoms with E-state index in [1.807, 2.05) is 77.6 Å². The normalized spacial score (nSPS) is 19.9. The molecule has 7 atom stereocenters. The Labute approximate surface area is 558 Å². The van der Waals surface area contributed by atoms with Crippen molar-refractivity contribution in [2.24, 2.45) is 5.41 Å². The van der Waals surface area contributed by atoms with Gasteiger partial charge < -0.3 is 49.6 Å². The SMILES string of the molecule is Cc1ncsc1-c1ccc([C@H](CO)NC(=O)[C@@H]2C[C@@H](O)CN2C(=O)[C@@H](NC(=O)CCOCCCN2CCC[C@H]2COc2nc(N3CC4CCC(C3)N4C(=O)OC(C)(C)C)c3cc(Cl)c(-c4ccc(F)c5sc(NC(=O)OC(C)(C)C)c(C#N)c45)c(F)c3n2)C(C)(C)C)cc1. The minimum Gasteiger partial charge on any atom is -0.462 e. The van der Waals surface area contributed by atoms with Crippen molar-refractivity contribution < 1.29 is 61.9 Å². The molecule has 0 aliphatic carbocycles. The number of thiophene rings is 1. The van der Waals surface area contributed by atoms with Crippen LogP contribution in [0.1, 0.15) is 130 Å². The predicted molar refractivity (Wildman–Crippen MR) is 355 cm³/mol. The van der Waals surface area contributed by atoms with Crippen molar-refractivity contribution in [1.82, 2.24) is 40.3 Å². The first-order valence-corrected chi connectivity index (χ1v) is 33.8. The quantitative estimate of drug-likeness (QED) is 0.0444. The van der Waals surface area contributed by atoms with Crippen molar-refractivity contribution in [1.29, 1.82) is 5.26 Å². The molecule has 27 heteroatoms. The summed E-state index contributed by atoms with van der Waals surface area (Å²) in [5.74, 6) is -2.74. The lowest BCUT2D eigenvalue weighted by Crippen LogP contribution is -2.58. The number of anilines is 2. The highest BCUT2D eigenvalue weighted by molar-refractivity contribution is 7.23. The van der Waals surface area contributed by atoms with E-state index in [1.165, 1.54) is 22.3 Å². The number of aliphatic hydroxyl groups excluding tert-OH is 2. The number of aliphatic hydroxyl groups is 2. The van der Waals surface area contributed by atoms with Crippen LogP contribution in [0.2, 0.25) is 5.02 Å². The van der Waals surface area contributed by atoms with E-state index in [1.54, 1.807) is 37.2 Å². The number of hydrogen-bond donors (Lipinski definition) is 5. The van der Waals surface area contributed by atoms with Crippen molar-refractivity contribution in [2.75, 3.05) is 69.4 Å². The average molecular weight is 1360 g/mol. The second-order valence-corrected chi connectivity index (χ2v) is 29.8. The van der Waals surface area contributed by atoms with Gasteiger partial charge >= 0.3 is 18.2 Å². The summed E-state index contributed by atoms with van der Waals surface area (Å²) in [6.07, 6.45) is 1.33. The zero-order valence-corrected chi connectivity index (χ0v) is 57.0. The molecule has 4 aliphatic heterocycles. The number of rotatable bonds is 20. The number of thiazole rings is 1. The van der Waals surface area contributed by atoms with Gasteiger partial charge in [0.1, 0.15) is 58.1 Å². The molecule has 0 radical (unpaired) electrons. The van der Waals surface area contributed by atoms with Gasteiger partial charge in [-0.2, -0.15) is 15.2 Å². The van der Waals surface area contributed by atoms with Gasteiger partial charge in [0.15, 0.2) is 5.82 Å². The van der Waals surface area contributed by atoms with E-state index >= 15 is 8.78 Å². The van der Waals surface area contributed by atoms with Gasteiger partial charge in [0, 0.05) is 68.0 Å². The number of benzene rings is 3. The molecule has 3 aromatic carbocycles. The fourth-order valence-electron chi connectivity index (χ4n) is 12.9. The van der Waals surface area contributed by atoms with Crippen molar-refractivity contribution >= 4 is 96.0 Å². The summed E-state index contributed by atoms with van der Waals surface area (Å²) >= 11 is 9.43.